The summed E-state index contributed by atoms with van der Waals surface area (Å²) >= 11 is 0. The van der Waals surface area contributed by atoms with E-state index in [0.717, 1.165) is 32.4 Å². The van der Waals surface area contributed by atoms with Crippen LogP contribution in [0.25, 0.3) is 5.69 Å². The Morgan fingerprint density at radius 2 is 1.97 bits per heavy atom. The van der Waals surface area contributed by atoms with E-state index in [1.54, 1.807) is 31.4 Å². The van der Waals surface area contributed by atoms with Crippen molar-refractivity contribution in [3.05, 3.63) is 41.2 Å². The fourth-order valence-corrected chi connectivity index (χ4v) is 4.40. The Morgan fingerprint density at radius 1 is 1.28 bits per heavy atom. The first-order valence-corrected chi connectivity index (χ1v) is 10.1. The van der Waals surface area contributed by atoms with Crippen molar-refractivity contribution in [3.8, 4) is 11.4 Å². The number of hydrogen-bond donors (Lipinski definition) is 2. The van der Waals surface area contributed by atoms with E-state index in [2.05, 4.69) is 10.4 Å². The minimum Gasteiger partial charge on any atom is -0.497 e. The number of benzene rings is 1. The van der Waals surface area contributed by atoms with Crippen molar-refractivity contribution < 1.29 is 19.4 Å². The summed E-state index contributed by atoms with van der Waals surface area (Å²) in [5.41, 5.74) is 1.56. The van der Waals surface area contributed by atoms with Crippen LogP contribution in [0.2, 0.25) is 0 Å². The molecular weight excluding hydrogens is 372 g/mol. The second kappa shape index (κ2) is 7.87. The molecule has 0 bridgehead atoms. The number of carbonyl (C=O) groups excluding carboxylic acids is 1. The minimum absolute atomic E-state index is 0.0269. The second-order valence-corrected chi connectivity index (χ2v) is 7.57. The first-order chi connectivity index (χ1) is 14.0. The Morgan fingerprint density at radius 3 is 2.55 bits per heavy atom. The molecule has 4 rings (SSSR count). The summed E-state index contributed by atoms with van der Waals surface area (Å²) in [5.74, 6) is -0.597. The summed E-state index contributed by atoms with van der Waals surface area (Å²) in [7, 11) is 1.58. The van der Waals surface area contributed by atoms with Crippen LogP contribution < -0.4 is 10.1 Å². The third-order valence-electron chi connectivity index (χ3n) is 5.97. The number of amides is 1. The largest absolute Gasteiger partial charge is 0.497 e. The van der Waals surface area contributed by atoms with Gasteiger partial charge in [0.1, 0.15) is 11.4 Å². The van der Waals surface area contributed by atoms with Gasteiger partial charge in [0.25, 0.3) is 5.91 Å². The molecule has 8 heteroatoms. The average Bonchev–Trinajstić information content (AvgIpc) is 3.16. The number of methoxy groups -OCH3 is 1. The predicted molar refractivity (Wildman–Crippen MR) is 107 cm³/mol. The molecule has 1 unspecified atom stereocenters. The molecule has 2 aromatic rings. The molecule has 29 heavy (non-hydrogen) atoms. The van der Waals surface area contributed by atoms with E-state index in [1.165, 1.54) is 4.68 Å². The highest BCUT2D eigenvalue weighted by Gasteiger charge is 2.41. The first-order valence-electron chi connectivity index (χ1n) is 10.1. The smallest absolute Gasteiger partial charge is 0.356 e. The van der Waals surface area contributed by atoms with Crippen molar-refractivity contribution in [2.45, 2.75) is 38.1 Å². The van der Waals surface area contributed by atoms with Gasteiger partial charge in [-0.05, 0) is 56.6 Å². The van der Waals surface area contributed by atoms with Crippen molar-refractivity contribution in [1.82, 2.24) is 20.0 Å². The summed E-state index contributed by atoms with van der Waals surface area (Å²) in [6.45, 7) is 4.34. The molecule has 1 aromatic carbocycles. The van der Waals surface area contributed by atoms with Crippen LogP contribution in [0, 0.1) is 0 Å². The van der Waals surface area contributed by atoms with Crippen LogP contribution in [0.1, 0.15) is 58.6 Å². The lowest BCUT2D eigenvalue weighted by Gasteiger charge is -2.40. The number of aromatic nitrogens is 2. The van der Waals surface area contributed by atoms with E-state index in [1.807, 2.05) is 11.8 Å². The molecule has 0 radical (unpaired) electrons. The lowest BCUT2D eigenvalue weighted by atomic mass is 9.87. The van der Waals surface area contributed by atoms with Crippen LogP contribution in [0.4, 0.5) is 0 Å². The Bertz CT molecular complexity index is 916. The molecule has 154 valence electrons. The number of ether oxygens (including phenoxy) is 1. The topological polar surface area (TPSA) is 96.7 Å². The summed E-state index contributed by atoms with van der Waals surface area (Å²) < 4.78 is 6.70. The molecular formula is C21H26N4O4. The van der Waals surface area contributed by atoms with E-state index in [4.69, 9.17) is 4.74 Å². The lowest BCUT2D eigenvalue weighted by Crippen LogP contribution is -2.50. The van der Waals surface area contributed by atoms with Gasteiger partial charge < -0.3 is 20.1 Å². The van der Waals surface area contributed by atoms with Gasteiger partial charge >= 0.3 is 5.97 Å². The fourth-order valence-electron chi connectivity index (χ4n) is 4.40. The molecule has 0 saturated carbocycles. The summed E-state index contributed by atoms with van der Waals surface area (Å²) in [6.07, 6.45) is 2.55. The number of carbonyl (C=O) groups is 2. The maximum absolute atomic E-state index is 13.6. The molecule has 1 atom stereocenters. The van der Waals surface area contributed by atoms with Gasteiger partial charge in [-0.3, -0.25) is 4.79 Å². The SMILES string of the molecule is CCC1CN(C2CCNCC2)C(=O)c2c1c(C(=O)O)nn2-c1ccc(OC)cc1. The van der Waals surface area contributed by atoms with Crippen LogP contribution in [-0.2, 0) is 0 Å². The number of hydrogen-bond acceptors (Lipinski definition) is 5. The van der Waals surface area contributed by atoms with Gasteiger partial charge in [0, 0.05) is 24.1 Å². The number of carboxylic acid groups (broad SMARTS) is 1. The lowest BCUT2D eigenvalue weighted by molar-refractivity contribution is 0.0585. The second-order valence-electron chi connectivity index (χ2n) is 7.57. The van der Waals surface area contributed by atoms with Crippen LogP contribution >= 0.6 is 0 Å². The number of aromatic carboxylic acids is 1. The van der Waals surface area contributed by atoms with E-state index in [9.17, 15) is 14.7 Å². The van der Waals surface area contributed by atoms with Gasteiger partial charge in [0.2, 0.25) is 0 Å². The van der Waals surface area contributed by atoms with Crippen LogP contribution in [0.15, 0.2) is 24.3 Å². The maximum Gasteiger partial charge on any atom is 0.356 e. The van der Waals surface area contributed by atoms with Gasteiger partial charge in [-0.2, -0.15) is 5.10 Å². The zero-order valence-corrected chi connectivity index (χ0v) is 16.7. The van der Waals surface area contributed by atoms with E-state index < -0.39 is 5.97 Å². The standard InChI is InChI=1S/C21H26N4O4/c1-3-13-12-24(14-8-10-22-11-9-14)20(26)19-17(13)18(21(27)28)23-25(19)15-4-6-16(29-2)7-5-15/h4-7,13-14,22H,3,8-12H2,1-2H3,(H,27,28). The van der Waals surface area contributed by atoms with E-state index in [0.29, 0.717) is 29.2 Å². The number of carboxylic acids is 1. The molecule has 1 fully saturated rings. The number of rotatable bonds is 5. The zero-order chi connectivity index (χ0) is 20.5. The van der Waals surface area contributed by atoms with E-state index in [-0.39, 0.29) is 23.6 Å². The molecule has 2 aliphatic heterocycles. The van der Waals surface area contributed by atoms with Crippen molar-refractivity contribution in [2.24, 2.45) is 0 Å². The summed E-state index contributed by atoms with van der Waals surface area (Å²) in [5, 5.41) is 17.5. The summed E-state index contributed by atoms with van der Waals surface area (Å²) in [4.78, 5) is 27.4. The van der Waals surface area contributed by atoms with E-state index >= 15 is 0 Å². The Hall–Kier alpha value is -2.87. The predicted octanol–water partition coefficient (Wildman–Crippen LogP) is 2.28. The van der Waals surface area contributed by atoms with Crippen molar-refractivity contribution in [2.75, 3.05) is 26.7 Å². The van der Waals surface area contributed by atoms with Crippen molar-refractivity contribution in [3.63, 3.8) is 0 Å². The van der Waals surface area contributed by atoms with Gasteiger partial charge in [-0.1, -0.05) is 6.92 Å². The Labute approximate surface area is 169 Å². The normalized spacial score (nSPS) is 19.9. The molecule has 8 nitrogen and oxygen atoms in total. The van der Waals surface area contributed by atoms with Gasteiger partial charge in [0.05, 0.1) is 12.8 Å². The van der Waals surface area contributed by atoms with Crippen molar-refractivity contribution >= 4 is 11.9 Å². The fraction of sp³-hybridized carbons (Fsp3) is 0.476. The zero-order valence-electron chi connectivity index (χ0n) is 16.7. The van der Waals surface area contributed by atoms with Gasteiger partial charge in [0.15, 0.2) is 5.69 Å². The molecule has 1 saturated heterocycles. The summed E-state index contributed by atoms with van der Waals surface area (Å²) in [6, 6.07) is 7.29. The molecule has 0 spiro atoms. The highest BCUT2D eigenvalue weighted by atomic mass is 16.5. The van der Waals surface area contributed by atoms with Crippen LogP contribution in [-0.4, -0.2) is 64.4 Å². The molecule has 3 heterocycles. The highest BCUT2D eigenvalue weighted by Crippen LogP contribution is 2.36. The molecule has 2 aliphatic rings. The number of nitrogens with one attached hydrogen (secondary N) is 1. The number of nitrogens with zero attached hydrogens (tertiary/aromatic N) is 3. The molecule has 1 aromatic heterocycles. The average molecular weight is 398 g/mol. The third kappa shape index (κ3) is 3.37. The van der Waals surface area contributed by atoms with Crippen LogP contribution in [0.3, 0.4) is 0 Å². The number of piperidine rings is 1. The quantitative estimate of drug-likeness (QED) is 0.802. The molecule has 1 amide bonds. The van der Waals surface area contributed by atoms with Gasteiger partial charge in [-0.25, -0.2) is 9.48 Å². The van der Waals surface area contributed by atoms with Gasteiger partial charge in [-0.15, -0.1) is 0 Å². The Kier molecular flexibility index (Phi) is 5.27. The first kappa shape index (κ1) is 19.4. The number of fused-ring (bicyclic) bond motifs is 1. The minimum atomic E-state index is -1.10. The highest BCUT2D eigenvalue weighted by molar-refractivity contribution is 6.00. The monoisotopic (exact) mass is 398 g/mol. The third-order valence-corrected chi connectivity index (χ3v) is 5.97. The van der Waals surface area contributed by atoms with Crippen LogP contribution in [0.5, 0.6) is 5.75 Å². The molecule has 0 aliphatic carbocycles. The molecule has 2 N–H and O–H groups in total. The Balaban J connectivity index is 1.84. The maximum atomic E-state index is 13.6. The van der Waals surface area contributed by atoms with Crippen molar-refractivity contribution in [1.29, 1.82) is 0 Å².